The van der Waals surface area contributed by atoms with Gasteiger partial charge in [-0.05, 0) is 30.5 Å². The lowest BCUT2D eigenvalue weighted by molar-refractivity contribution is 0.189. The van der Waals surface area contributed by atoms with Crippen molar-refractivity contribution in [3.63, 3.8) is 0 Å². The van der Waals surface area contributed by atoms with E-state index in [1.54, 1.807) is 13.1 Å². The van der Waals surface area contributed by atoms with Crippen molar-refractivity contribution < 1.29 is 5.11 Å². The summed E-state index contributed by atoms with van der Waals surface area (Å²) in [4.78, 5) is 10.8. The molecule has 1 aliphatic heterocycles. The highest BCUT2D eigenvalue weighted by molar-refractivity contribution is 5.43. The van der Waals surface area contributed by atoms with Gasteiger partial charge >= 0.3 is 0 Å². The van der Waals surface area contributed by atoms with E-state index in [9.17, 15) is 5.11 Å². The summed E-state index contributed by atoms with van der Waals surface area (Å²) in [5.74, 6) is 1.37. The van der Waals surface area contributed by atoms with Crippen LogP contribution in [0.15, 0.2) is 36.5 Å². The van der Waals surface area contributed by atoms with Crippen LogP contribution in [0.25, 0.3) is 0 Å². The Balaban J connectivity index is 1.87. The van der Waals surface area contributed by atoms with Gasteiger partial charge in [-0.25, -0.2) is 9.97 Å². The average Bonchev–Trinajstić information content (AvgIpc) is 2.47. The van der Waals surface area contributed by atoms with Crippen molar-refractivity contribution >= 4 is 5.82 Å². The number of anilines is 1. The van der Waals surface area contributed by atoms with Crippen molar-refractivity contribution in [2.75, 3.05) is 11.4 Å². The quantitative estimate of drug-likeness (QED) is 0.892. The van der Waals surface area contributed by atoms with Gasteiger partial charge < -0.3 is 10.0 Å². The Morgan fingerprint density at radius 1 is 1.21 bits per heavy atom. The van der Waals surface area contributed by atoms with Crippen LogP contribution in [0.2, 0.25) is 0 Å². The second kappa shape index (κ2) is 4.97. The first-order valence-electron chi connectivity index (χ1n) is 6.57. The Labute approximate surface area is 112 Å². The zero-order valence-corrected chi connectivity index (χ0v) is 11.0. The first kappa shape index (κ1) is 12.1. The predicted octanol–water partition coefficient (Wildman–Crippen LogP) is 2.09. The molecule has 0 radical (unpaired) electrons. The van der Waals surface area contributed by atoms with Gasteiger partial charge in [-0.15, -0.1) is 0 Å². The van der Waals surface area contributed by atoms with E-state index >= 15 is 0 Å². The van der Waals surface area contributed by atoms with Crippen molar-refractivity contribution in [1.29, 1.82) is 0 Å². The Morgan fingerprint density at radius 2 is 2.00 bits per heavy atom. The molecule has 1 aliphatic rings. The molecule has 0 fully saturated rings. The normalized spacial score (nSPS) is 16.0. The lowest BCUT2D eigenvalue weighted by atomic mass is 10.00. The molecule has 1 aromatic carbocycles. The Morgan fingerprint density at radius 3 is 2.79 bits per heavy atom. The molecule has 1 unspecified atom stereocenters. The number of rotatable bonds is 2. The monoisotopic (exact) mass is 255 g/mol. The number of benzene rings is 1. The van der Waals surface area contributed by atoms with Gasteiger partial charge in [0.25, 0.3) is 0 Å². The molecule has 0 spiro atoms. The van der Waals surface area contributed by atoms with E-state index in [0.717, 1.165) is 25.3 Å². The molecule has 1 N–H and O–H groups in total. The molecule has 1 aromatic heterocycles. The van der Waals surface area contributed by atoms with Crippen LogP contribution in [-0.2, 0) is 13.0 Å². The molecule has 3 rings (SSSR count). The number of nitrogens with zero attached hydrogens (tertiary/aromatic N) is 3. The first-order chi connectivity index (χ1) is 9.24. The lowest BCUT2D eigenvalue weighted by Crippen LogP contribution is -2.31. The SMILES string of the molecule is CC(O)c1nccc(N2CCc3ccccc3C2)n1. The van der Waals surface area contributed by atoms with E-state index in [2.05, 4.69) is 39.1 Å². The molecule has 1 atom stereocenters. The van der Waals surface area contributed by atoms with Crippen molar-refractivity contribution in [3.05, 3.63) is 53.5 Å². The minimum Gasteiger partial charge on any atom is -0.385 e. The summed E-state index contributed by atoms with van der Waals surface area (Å²) in [6.45, 7) is 3.50. The molecule has 0 amide bonds. The summed E-state index contributed by atoms with van der Waals surface area (Å²) in [6.07, 6.45) is 2.12. The van der Waals surface area contributed by atoms with Crippen molar-refractivity contribution in [1.82, 2.24) is 9.97 Å². The highest BCUT2D eigenvalue weighted by Gasteiger charge is 2.17. The fourth-order valence-electron chi connectivity index (χ4n) is 2.43. The van der Waals surface area contributed by atoms with E-state index < -0.39 is 6.10 Å². The molecular formula is C15H17N3O. The van der Waals surface area contributed by atoms with Crippen LogP contribution in [0, 0.1) is 0 Å². The van der Waals surface area contributed by atoms with Gasteiger partial charge in [0.1, 0.15) is 11.9 Å². The van der Waals surface area contributed by atoms with Gasteiger partial charge in [0.05, 0.1) is 0 Å². The summed E-state index contributed by atoms with van der Waals surface area (Å²) in [7, 11) is 0. The molecule has 98 valence electrons. The van der Waals surface area contributed by atoms with Crippen LogP contribution >= 0.6 is 0 Å². The standard InChI is InChI=1S/C15H17N3O/c1-11(19)15-16-8-6-14(17-15)18-9-7-12-4-2-3-5-13(12)10-18/h2-6,8,11,19H,7,9-10H2,1H3. The number of aliphatic hydroxyl groups excluding tert-OH is 1. The third-order valence-electron chi connectivity index (χ3n) is 3.49. The van der Waals surface area contributed by atoms with Crippen LogP contribution < -0.4 is 4.90 Å². The lowest BCUT2D eigenvalue weighted by Gasteiger charge is -2.29. The minimum absolute atomic E-state index is 0.483. The number of aliphatic hydroxyl groups is 1. The smallest absolute Gasteiger partial charge is 0.158 e. The summed E-state index contributed by atoms with van der Waals surface area (Å²) in [5, 5.41) is 9.56. The van der Waals surface area contributed by atoms with E-state index in [-0.39, 0.29) is 0 Å². The van der Waals surface area contributed by atoms with Gasteiger partial charge in [-0.2, -0.15) is 0 Å². The molecule has 0 bridgehead atoms. The summed E-state index contributed by atoms with van der Waals surface area (Å²) >= 11 is 0. The molecule has 0 aliphatic carbocycles. The van der Waals surface area contributed by atoms with Gasteiger partial charge in [-0.3, -0.25) is 0 Å². The highest BCUT2D eigenvalue weighted by Crippen LogP contribution is 2.23. The second-order valence-electron chi connectivity index (χ2n) is 4.89. The average molecular weight is 255 g/mol. The maximum Gasteiger partial charge on any atom is 0.158 e. The Hall–Kier alpha value is -1.94. The van der Waals surface area contributed by atoms with Crippen LogP contribution in [0.5, 0.6) is 0 Å². The number of fused-ring (bicyclic) bond motifs is 1. The molecular weight excluding hydrogens is 238 g/mol. The van der Waals surface area contributed by atoms with E-state index in [4.69, 9.17) is 0 Å². The van der Waals surface area contributed by atoms with Crippen LogP contribution in [-0.4, -0.2) is 21.6 Å². The van der Waals surface area contributed by atoms with Crippen LogP contribution in [0.4, 0.5) is 5.82 Å². The van der Waals surface area contributed by atoms with Crippen LogP contribution in [0.3, 0.4) is 0 Å². The third kappa shape index (κ3) is 2.44. The fraction of sp³-hybridized carbons (Fsp3) is 0.333. The number of aromatic nitrogens is 2. The zero-order chi connectivity index (χ0) is 13.2. The van der Waals surface area contributed by atoms with E-state index in [1.807, 2.05) is 6.07 Å². The van der Waals surface area contributed by atoms with Crippen molar-refractivity contribution in [2.45, 2.75) is 26.0 Å². The largest absolute Gasteiger partial charge is 0.385 e. The van der Waals surface area contributed by atoms with Crippen LogP contribution in [0.1, 0.15) is 30.0 Å². The third-order valence-corrected chi connectivity index (χ3v) is 3.49. The summed E-state index contributed by atoms with van der Waals surface area (Å²) < 4.78 is 0. The van der Waals surface area contributed by atoms with Gasteiger partial charge in [-0.1, -0.05) is 24.3 Å². The molecule has 19 heavy (non-hydrogen) atoms. The predicted molar refractivity (Wildman–Crippen MR) is 73.9 cm³/mol. The molecule has 2 aromatic rings. The first-order valence-corrected chi connectivity index (χ1v) is 6.57. The van der Waals surface area contributed by atoms with Crippen molar-refractivity contribution in [3.8, 4) is 0 Å². The maximum atomic E-state index is 9.56. The topological polar surface area (TPSA) is 49.3 Å². The highest BCUT2D eigenvalue weighted by atomic mass is 16.3. The minimum atomic E-state index is -0.628. The van der Waals surface area contributed by atoms with Gasteiger partial charge in [0.15, 0.2) is 5.82 Å². The molecule has 4 nitrogen and oxygen atoms in total. The molecule has 0 saturated carbocycles. The zero-order valence-electron chi connectivity index (χ0n) is 11.0. The fourth-order valence-corrected chi connectivity index (χ4v) is 2.43. The molecule has 4 heteroatoms. The number of hydrogen-bond donors (Lipinski definition) is 1. The summed E-state index contributed by atoms with van der Waals surface area (Å²) in [5.41, 5.74) is 2.77. The molecule has 2 heterocycles. The van der Waals surface area contributed by atoms with Gasteiger partial charge in [0.2, 0.25) is 0 Å². The Bertz CT molecular complexity index is 583. The van der Waals surface area contributed by atoms with E-state index in [0.29, 0.717) is 5.82 Å². The van der Waals surface area contributed by atoms with E-state index in [1.165, 1.54) is 11.1 Å². The number of hydrogen-bond acceptors (Lipinski definition) is 4. The summed E-state index contributed by atoms with van der Waals surface area (Å²) in [6, 6.07) is 10.4. The maximum absolute atomic E-state index is 9.56. The second-order valence-corrected chi connectivity index (χ2v) is 4.89. The van der Waals surface area contributed by atoms with Crippen molar-refractivity contribution in [2.24, 2.45) is 0 Å². The Kier molecular flexibility index (Phi) is 3.17. The molecule has 0 saturated heterocycles. The van der Waals surface area contributed by atoms with Gasteiger partial charge in [0, 0.05) is 19.3 Å².